The SMILES string of the molecule is CCC1C(Cl)=CC=C1CCOC. The molecule has 0 aromatic rings. The number of ether oxygens (including phenoxy) is 1. The second-order valence-corrected chi connectivity index (χ2v) is 3.43. The van der Waals surface area contributed by atoms with E-state index in [-0.39, 0.29) is 0 Å². The predicted octanol–water partition coefficient (Wildman–Crippen LogP) is 3.11. The average molecular weight is 187 g/mol. The van der Waals surface area contributed by atoms with E-state index in [1.807, 2.05) is 6.08 Å². The second kappa shape index (κ2) is 4.68. The molecule has 0 bridgehead atoms. The van der Waals surface area contributed by atoms with Crippen molar-refractivity contribution in [3.63, 3.8) is 0 Å². The highest BCUT2D eigenvalue weighted by Crippen LogP contribution is 2.33. The zero-order chi connectivity index (χ0) is 8.97. The average Bonchev–Trinajstić information content (AvgIpc) is 2.43. The van der Waals surface area contributed by atoms with Crippen LogP contribution in [0, 0.1) is 5.92 Å². The molecule has 0 aromatic heterocycles. The van der Waals surface area contributed by atoms with Crippen LogP contribution in [-0.2, 0) is 4.74 Å². The Balaban J connectivity index is 2.47. The Bertz CT molecular complexity index is 206. The van der Waals surface area contributed by atoms with Crippen LogP contribution in [0.5, 0.6) is 0 Å². The first kappa shape index (κ1) is 9.82. The first-order chi connectivity index (χ1) is 5.79. The van der Waals surface area contributed by atoms with Crippen LogP contribution in [0.2, 0.25) is 0 Å². The lowest BCUT2D eigenvalue weighted by Crippen LogP contribution is -2.02. The van der Waals surface area contributed by atoms with E-state index >= 15 is 0 Å². The summed E-state index contributed by atoms with van der Waals surface area (Å²) in [4.78, 5) is 0. The number of halogens is 1. The fourth-order valence-corrected chi connectivity index (χ4v) is 1.89. The van der Waals surface area contributed by atoms with Gasteiger partial charge in [-0.15, -0.1) is 0 Å². The summed E-state index contributed by atoms with van der Waals surface area (Å²) in [6, 6.07) is 0. The molecule has 0 amide bonds. The normalized spacial score (nSPS) is 22.4. The van der Waals surface area contributed by atoms with Gasteiger partial charge in [-0.3, -0.25) is 0 Å². The van der Waals surface area contributed by atoms with E-state index in [0.29, 0.717) is 5.92 Å². The number of rotatable bonds is 4. The topological polar surface area (TPSA) is 9.23 Å². The van der Waals surface area contributed by atoms with Gasteiger partial charge in [0.25, 0.3) is 0 Å². The van der Waals surface area contributed by atoms with Crippen molar-refractivity contribution in [2.24, 2.45) is 5.92 Å². The minimum atomic E-state index is 0.460. The van der Waals surface area contributed by atoms with Crippen molar-refractivity contribution in [3.8, 4) is 0 Å². The number of allylic oxidation sites excluding steroid dienone is 3. The van der Waals surface area contributed by atoms with Gasteiger partial charge in [0.2, 0.25) is 0 Å². The zero-order valence-corrected chi connectivity index (χ0v) is 8.40. The minimum Gasteiger partial charge on any atom is -0.384 e. The van der Waals surface area contributed by atoms with Gasteiger partial charge in [-0.05, 0) is 18.9 Å². The van der Waals surface area contributed by atoms with Crippen LogP contribution < -0.4 is 0 Å². The van der Waals surface area contributed by atoms with Gasteiger partial charge in [0.05, 0.1) is 0 Å². The number of methoxy groups -OCH3 is 1. The van der Waals surface area contributed by atoms with Crippen LogP contribution in [0.15, 0.2) is 22.8 Å². The van der Waals surface area contributed by atoms with Gasteiger partial charge < -0.3 is 4.74 Å². The Morgan fingerprint density at radius 2 is 2.25 bits per heavy atom. The molecule has 68 valence electrons. The number of hydrogen-bond donors (Lipinski definition) is 0. The second-order valence-electron chi connectivity index (χ2n) is 3.00. The summed E-state index contributed by atoms with van der Waals surface area (Å²) in [7, 11) is 1.73. The molecule has 0 saturated carbocycles. The lowest BCUT2D eigenvalue weighted by atomic mass is 9.97. The molecular weight excluding hydrogens is 172 g/mol. The van der Waals surface area contributed by atoms with E-state index < -0.39 is 0 Å². The molecular formula is C10H15ClO. The van der Waals surface area contributed by atoms with Crippen molar-refractivity contribution in [1.82, 2.24) is 0 Å². The summed E-state index contributed by atoms with van der Waals surface area (Å²) >= 11 is 6.02. The fraction of sp³-hybridized carbons (Fsp3) is 0.600. The van der Waals surface area contributed by atoms with Crippen LogP contribution in [-0.4, -0.2) is 13.7 Å². The van der Waals surface area contributed by atoms with Crippen LogP contribution >= 0.6 is 11.6 Å². The summed E-state index contributed by atoms with van der Waals surface area (Å²) in [5.74, 6) is 0.460. The van der Waals surface area contributed by atoms with Crippen molar-refractivity contribution >= 4 is 11.6 Å². The fourth-order valence-electron chi connectivity index (χ4n) is 1.53. The summed E-state index contributed by atoms with van der Waals surface area (Å²) in [5, 5.41) is 0.976. The van der Waals surface area contributed by atoms with E-state index in [1.165, 1.54) is 5.57 Å². The number of hydrogen-bond acceptors (Lipinski definition) is 1. The molecule has 0 fully saturated rings. The highest BCUT2D eigenvalue weighted by molar-refractivity contribution is 6.30. The Labute approximate surface area is 79.1 Å². The van der Waals surface area contributed by atoms with Crippen LogP contribution in [0.3, 0.4) is 0 Å². The summed E-state index contributed by atoms with van der Waals surface area (Å²) < 4.78 is 5.02. The van der Waals surface area contributed by atoms with Gasteiger partial charge in [-0.25, -0.2) is 0 Å². The molecule has 1 aliphatic rings. The van der Waals surface area contributed by atoms with Crippen molar-refractivity contribution in [3.05, 3.63) is 22.8 Å². The van der Waals surface area contributed by atoms with Gasteiger partial charge in [-0.2, -0.15) is 0 Å². The predicted molar refractivity (Wildman–Crippen MR) is 52.3 cm³/mol. The highest BCUT2D eigenvalue weighted by Gasteiger charge is 2.18. The monoisotopic (exact) mass is 186 g/mol. The molecule has 0 aliphatic heterocycles. The maximum Gasteiger partial charge on any atom is 0.0499 e. The molecule has 1 atom stereocenters. The van der Waals surface area contributed by atoms with Crippen molar-refractivity contribution in [2.45, 2.75) is 19.8 Å². The molecule has 1 rings (SSSR count). The van der Waals surface area contributed by atoms with E-state index in [0.717, 1.165) is 24.5 Å². The van der Waals surface area contributed by atoms with E-state index in [2.05, 4.69) is 13.0 Å². The molecule has 2 heteroatoms. The van der Waals surface area contributed by atoms with Gasteiger partial charge in [-0.1, -0.05) is 30.2 Å². The minimum absolute atomic E-state index is 0.460. The quantitative estimate of drug-likeness (QED) is 0.656. The molecule has 0 heterocycles. The maximum atomic E-state index is 6.02. The third kappa shape index (κ3) is 2.11. The Morgan fingerprint density at radius 1 is 1.50 bits per heavy atom. The largest absolute Gasteiger partial charge is 0.384 e. The molecule has 1 nitrogen and oxygen atoms in total. The van der Waals surface area contributed by atoms with Gasteiger partial charge in [0.15, 0.2) is 0 Å². The van der Waals surface area contributed by atoms with Crippen molar-refractivity contribution in [2.75, 3.05) is 13.7 Å². The standard InChI is InChI=1S/C10H15ClO/c1-3-9-8(6-7-12-2)4-5-10(9)11/h4-5,9H,3,6-7H2,1-2H3. The molecule has 1 unspecified atom stereocenters. The smallest absolute Gasteiger partial charge is 0.0499 e. The van der Waals surface area contributed by atoms with Crippen molar-refractivity contribution < 1.29 is 4.74 Å². The molecule has 1 aliphatic carbocycles. The third-order valence-electron chi connectivity index (χ3n) is 2.24. The van der Waals surface area contributed by atoms with E-state index in [9.17, 15) is 0 Å². The first-order valence-electron chi connectivity index (χ1n) is 4.34. The lowest BCUT2D eigenvalue weighted by Gasteiger charge is -2.12. The van der Waals surface area contributed by atoms with Crippen LogP contribution in [0.1, 0.15) is 19.8 Å². The van der Waals surface area contributed by atoms with Gasteiger partial charge in [0.1, 0.15) is 0 Å². The summed E-state index contributed by atoms with van der Waals surface area (Å²) in [5.41, 5.74) is 1.41. The zero-order valence-electron chi connectivity index (χ0n) is 7.64. The summed E-state index contributed by atoms with van der Waals surface area (Å²) in [6.45, 7) is 2.95. The van der Waals surface area contributed by atoms with E-state index in [1.54, 1.807) is 7.11 Å². The first-order valence-corrected chi connectivity index (χ1v) is 4.72. The summed E-state index contributed by atoms with van der Waals surface area (Å²) in [6.07, 6.45) is 6.21. The molecule has 0 radical (unpaired) electrons. The lowest BCUT2D eigenvalue weighted by molar-refractivity contribution is 0.200. The third-order valence-corrected chi connectivity index (χ3v) is 2.63. The maximum absolute atomic E-state index is 6.02. The van der Waals surface area contributed by atoms with Crippen molar-refractivity contribution in [1.29, 1.82) is 0 Å². The van der Waals surface area contributed by atoms with Crippen LogP contribution in [0.4, 0.5) is 0 Å². The molecule has 12 heavy (non-hydrogen) atoms. The Hall–Kier alpha value is -0.270. The Morgan fingerprint density at radius 3 is 2.83 bits per heavy atom. The molecule has 0 spiro atoms. The molecule has 0 saturated heterocycles. The Kier molecular flexibility index (Phi) is 3.83. The van der Waals surface area contributed by atoms with Gasteiger partial charge in [0, 0.05) is 24.7 Å². The highest BCUT2D eigenvalue weighted by atomic mass is 35.5. The molecule has 0 aromatic carbocycles. The van der Waals surface area contributed by atoms with Crippen LogP contribution in [0.25, 0.3) is 0 Å². The molecule has 0 N–H and O–H groups in total. The van der Waals surface area contributed by atoms with E-state index in [4.69, 9.17) is 16.3 Å². The van der Waals surface area contributed by atoms with Gasteiger partial charge >= 0.3 is 0 Å².